The minimum Gasteiger partial charge on any atom is -0.384 e. The molecule has 0 saturated carbocycles. The van der Waals surface area contributed by atoms with E-state index in [9.17, 15) is 5.11 Å². The highest BCUT2D eigenvalue weighted by Crippen LogP contribution is 2.22. The van der Waals surface area contributed by atoms with Crippen LogP contribution in [0.2, 0.25) is 0 Å². The molecule has 0 aliphatic carbocycles. The smallest absolute Gasteiger partial charge is 0.191 e. The van der Waals surface area contributed by atoms with Crippen LogP contribution in [0.1, 0.15) is 44.4 Å². The van der Waals surface area contributed by atoms with Crippen LogP contribution >= 0.6 is 35.3 Å². The molecule has 5 nitrogen and oxygen atoms in total. The van der Waals surface area contributed by atoms with Crippen LogP contribution in [0.3, 0.4) is 0 Å². The van der Waals surface area contributed by atoms with Gasteiger partial charge in [-0.15, -0.1) is 24.0 Å². The van der Waals surface area contributed by atoms with E-state index in [1.54, 1.807) is 11.3 Å². The van der Waals surface area contributed by atoms with E-state index in [0.29, 0.717) is 13.1 Å². The summed E-state index contributed by atoms with van der Waals surface area (Å²) in [7, 11) is 0. The van der Waals surface area contributed by atoms with Gasteiger partial charge in [0.1, 0.15) is 5.60 Å². The summed E-state index contributed by atoms with van der Waals surface area (Å²) in [5.41, 5.74) is 2.54. The van der Waals surface area contributed by atoms with Gasteiger partial charge in [0.25, 0.3) is 0 Å². The van der Waals surface area contributed by atoms with Gasteiger partial charge in [-0.1, -0.05) is 38.1 Å². The standard InChI is InChI=1S/C22H34N4OS.HI/c1-5-23-21(25-17-22(4,27)20-12-13-28-16-20)24-14-18-10-8-9-11-19(18)15-26(6-2)7-3;/h8-13,16,27H,5-7,14-15,17H2,1-4H3,(H2,23,24,25);1H. The summed E-state index contributed by atoms with van der Waals surface area (Å²) in [6, 6.07) is 10.4. The molecule has 1 atom stereocenters. The number of aliphatic imine (C=N–C) groups is 1. The van der Waals surface area contributed by atoms with Crippen LogP contribution in [0.4, 0.5) is 0 Å². The molecular weight excluding hydrogens is 495 g/mol. The lowest BCUT2D eigenvalue weighted by Gasteiger charge is -2.24. The second-order valence-electron chi connectivity index (χ2n) is 7.06. The van der Waals surface area contributed by atoms with Crippen LogP contribution in [0.5, 0.6) is 0 Å². The number of nitrogens with zero attached hydrogens (tertiary/aromatic N) is 2. The molecule has 0 aliphatic heterocycles. The van der Waals surface area contributed by atoms with Crippen molar-refractivity contribution in [2.45, 2.75) is 46.4 Å². The molecule has 3 N–H and O–H groups in total. The van der Waals surface area contributed by atoms with Crippen molar-refractivity contribution >= 4 is 41.3 Å². The number of hydrogen-bond acceptors (Lipinski definition) is 4. The van der Waals surface area contributed by atoms with Crippen LogP contribution in [0.25, 0.3) is 0 Å². The Morgan fingerprint density at radius 2 is 1.79 bits per heavy atom. The Labute approximate surface area is 196 Å². The zero-order chi connectivity index (χ0) is 20.4. The summed E-state index contributed by atoms with van der Waals surface area (Å²) >= 11 is 1.59. The molecule has 1 aromatic heterocycles. The molecule has 1 aromatic carbocycles. The van der Waals surface area contributed by atoms with Gasteiger partial charge in [-0.25, -0.2) is 4.99 Å². The van der Waals surface area contributed by atoms with Crippen molar-refractivity contribution in [2.24, 2.45) is 4.99 Å². The summed E-state index contributed by atoms with van der Waals surface area (Å²) in [6.45, 7) is 13.0. The van der Waals surface area contributed by atoms with Gasteiger partial charge in [0.15, 0.2) is 5.96 Å². The highest BCUT2D eigenvalue weighted by Gasteiger charge is 2.23. The number of halogens is 1. The maximum Gasteiger partial charge on any atom is 0.191 e. The first-order valence-corrected chi connectivity index (χ1v) is 11.0. The third-order valence-corrected chi connectivity index (χ3v) is 5.58. The Morgan fingerprint density at radius 3 is 2.38 bits per heavy atom. The molecule has 0 amide bonds. The zero-order valence-electron chi connectivity index (χ0n) is 17.9. The summed E-state index contributed by atoms with van der Waals surface area (Å²) in [6.07, 6.45) is 0. The lowest BCUT2D eigenvalue weighted by atomic mass is 9.99. The van der Waals surface area contributed by atoms with Gasteiger partial charge >= 0.3 is 0 Å². The fourth-order valence-corrected chi connectivity index (χ4v) is 3.77. The molecule has 29 heavy (non-hydrogen) atoms. The molecule has 1 heterocycles. The van der Waals surface area contributed by atoms with E-state index in [0.717, 1.165) is 37.7 Å². The average Bonchev–Trinajstić information content (AvgIpc) is 3.25. The molecule has 7 heteroatoms. The van der Waals surface area contributed by atoms with Crippen molar-refractivity contribution in [2.75, 3.05) is 26.2 Å². The summed E-state index contributed by atoms with van der Waals surface area (Å²) in [4.78, 5) is 7.16. The third-order valence-electron chi connectivity index (χ3n) is 4.90. The van der Waals surface area contributed by atoms with Gasteiger partial charge in [0, 0.05) is 13.1 Å². The lowest BCUT2D eigenvalue weighted by Crippen LogP contribution is -2.44. The van der Waals surface area contributed by atoms with Crippen LogP contribution in [-0.4, -0.2) is 42.1 Å². The molecule has 2 rings (SSSR count). The first-order valence-electron chi connectivity index (χ1n) is 10.1. The van der Waals surface area contributed by atoms with Crippen molar-refractivity contribution in [1.82, 2.24) is 15.5 Å². The third kappa shape index (κ3) is 8.24. The van der Waals surface area contributed by atoms with E-state index in [1.807, 2.05) is 30.7 Å². The predicted octanol–water partition coefficient (Wildman–Crippen LogP) is 4.17. The number of hydrogen-bond donors (Lipinski definition) is 3. The number of rotatable bonds is 10. The van der Waals surface area contributed by atoms with Gasteiger partial charge in [-0.05, 0) is 60.5 Å². The topological polar surface area (TPSA) is 59.9 Å². The van der Waals surface area contributed by atoms with Gasteiger partial charge in [-0.2, -0.15) is 11.3 Å². The van der Waals surface area contributed by atoms with E-state index in [1.165, 1.54) is 11.1 Å². The second kappa shape index (κ2) is 13.2. The summed E-state index contributed by atoms with van der Waals surface area (Å²) in [5.74, 6) is 0.718. The minimum absolute atomic E-state index is 0. The molecule has 1 unspecified atom stereocenters. The number of nitrogens with one attached hydrogen (secondary N) is 2. The summed E-state index contributed by atoms with van der Waals surface area (Å²) in [5, 5.41) is 21.3. The maximum atomic E-state index is 10.7. The normalized spacial score (nSPS) is 13.7. The monoisotopic (exact) mass is 530 g/mol. The van der Waals surface area contributed by atoms with Crippen LogP contribution in [0.15, 0.2) is 46.1 Å². The molecule has 0 aliphatic rings. The quantitative estimate of drug-likeness (QED) is 0.245. The fourth-order valence-electron chi connectivity index (χ4n) is 2.99. The highest BCUT2D eigenvalue weighted by molar-refractivity contribution is 14.0. The largest absolute Gasteiger partial charge is 0.384 e. The SMILES string of the molecule is CCNC(=NCc1ccccc1CN(CC)CC)NCC(C)(O)c1ccsc1.I. The van der Waals surface area contributed by atoms with E-state index < -0.39 is 5.60 Å². The molecular formula is C22H35IN4OS. The van der Waals surface area contributed by atoms with Crippen molar-refractivity contribution in [3.8, 4) is 0 Å². The maximum absolute atomic E-state index is 10.7. The van der Waals surface area contributed by atoms with Crippen molar-refractivity contribution in [3.63, 3.8) is 0 Å². The Balaban J connectivity index is 0.00000420. The predicted molar refractivity (Wildman–Crippen MR) is 135 cm³/mol. The van der Waals surface area contributed by atoms with Crippen LogP contribution < -0.4 is 10.6 Å². The summed E-state index contributed by atoms with van der Waals surface area (Å²) < 4.78 is 0. The Kier molecular flexibility index (Phi) is 11.8. The van der Waals surface area contributed by atoms with Crippen LogP contribution in [-0.2, 0) is 18.7 Å². The minimum atomic E-state index is -0.934. The molecule has 162 valence electrons. The molecule has 0 saturated heterocycles. The number of thiophene rings is 1. The second-order valence-corrected chi connectivity index (χ2v) is 7.84. The average molecular weight is 531 g/mol. The Bertz CT molecular complexity index is 730. The Hall–Kier alpha value is -1.16. The van der Waals surface area contributed by atoms with Crippen molar-refractivity contribution < 1.29 is 5.11 Å². The van der Waals surface area contributed by atoms with Crippen molar-refractivity contribution in [3.05, 3.63) is 57.8 Å². The molecule has 0 bridgehead atoms. The van der Waals surface area contributed by atoms with E-state index >= 15 is 0 Å². The van der Waals surface area contributed by atoms with E-state index in [2.05, 4.69) is 53.6 Å². The van der Waals surface area contributed by atoms with Gasteiger partial charge in [0.2, 0.25) is 0 Å². The van der Waals surface area contributed by atoms with E-state index in [-0.39, 0.29) is 24.0 Å². The molecule has 0 spiro atoms. The molecule has 0 fully saturated rings. The molecule has 2 aromatic rings. The van der Waals surface area contributed by atoms with E-state index in [4.69, 9.17) is 4.99 Å². The lowest BCUT2D eigenvalue weighted by molar-refractivity contribution is 0.0621. The van der Waals surface area contributed by atoms with Gasteiger partial charge < -0.3 is 15.7 Å². The number of aliphatic hydroxyl groups is 1. The Morgan fingerprint density at radius 1 is 1.10 bits per heavy atom. The first-order chi connectivity index (χ1) is 13.5. The number of benzene rings is 1. The van der Waals surface area contributed by atoms with Gasteiger partial charge in [-0.3, -0.25) is 4.90 Å². The van der Waals surface area contributed by atoms with Crippen LogP contribution in [0, 0.1) is 0 Å². The zero-order valence-corrected chi connectivity index (χ0v) is 21.1. The molecule has 0 radical (unpaired) electrons. The first kappa shape index (κ1) is 25.9. The fraction of sp³-hybridized carbons (Fsp3) is 0.500. The van der Waals surface area contributed by atoms with Crippen molar-refractivity contribution in [1.29, 1.82) is 0 Å². The van der Waals surface area contributed by atoms with Gasteiger partial charge in [0.05, 0.1) is 13.1 Å². The number of guanidine groups is 1. The highest BCUT2D eigenvalue weighted by atomic mass is 127.